The Kier molecular flexibility index (Phi) is 8.05. The molecule has 1 amide bonds. The number of nitrogens with zero attached hydrogens (tertiary/aromatic N) is 2. The van der Waals surface area contributed by atoms with Gasteiger partial charge >= 0.3 is 12.6 Å². The van der Waals surface area contributed by atoms with E-state index in [1.807, 2.05) is 4.90 Å². The van der Waals surface area contributed by atoms with Crippen molar-refractivity contribution in [3.05, 3.63) is 48.0 Å². The lowest BCUT2D eigenvalue weighted by atomic mass is 10.1. The highest BCUT2D eigenvalue weighted by Gasteiger charge is 2.26. The molecule has 1 aliphatic rings. The number of hydrogen-bond donors (Lipinski definition) is 1. The van der Waals surface area contributed by atoms with Crippen LogP contribution in [0.25, 0.3) is 0 Å². The number of nitrogens with one attached hydrogen (secondary N) is 1. The van der Waals surface area contributed by atoms with E-state index in [0.717, 1.165) is 17.1 Å². The second-order valence-corrected chi connectivity index (χ2v) is 9.81. The highest BCUT2D eigenvalue weighted by atomic mass is 32.2. The number of sulfonamides is 1. The van der Waals surface area contributed by atoms with Gasteiger partial charge in [-0.25, -0.2) is 17.5 Å². The first-order valence-electron chi connectivity index (χ1n) is 10.4. The third-order valence-corrected chi connectivity index (χ3v) is 6.94. The number of amides is 1. The van der Waals surface area contributed by atoms with Crippen LogP contribution >= 0.6 is 0 Å². The number of carbonyl (C=O) groups is 2. The third-order valence-electron chi connectivity index (χ3n) is 5.12. The molecule has 1 saturated heterocycles. The number of esters is 1. The maximum absolute atomic E-state index is 12.9. The molecule has 3 rings (SSSR count). The summed E-state index contributed by atoms with van der Waals surface area (Å²) in [7, 11) is -1.05. The molecule has 1 N–H and O–H groups in total. The van der Waals surface area contributed by atoms with Gasteiger partial charge in [-0.1, -0.05) is 12.1 Å². The van der Waals surface area contributed by atoms with Crippen LogP contribution in [-0.4, -0.2) is 65.0 Å². The molecule has 34 heavy (non-hydrogen) atoms. The van der Waals surface area contributed by atoms with Crippen LogP contribution in [0.2, 0.25) is 0 Å². The lowest BCUT2D eigenvalue weighted by Crippen LogP contribution is -2.26. The molecule has 0 unspecified atom stereocenters. The first-order valence-corrected chi connectivity index (χ1v) is 11.9. The molecule has 2 aromatic rings. The zero-order valence-corrected chi connectivity index (χ0v) is 19.5. The number of hydrogen-bond acceptors (Lipinski definition) is 7. The smallest absolute Gasteiger partial charge is 0.387 e. The molecule has 0 bridgehead atoms. The summed E-state index contributed by atoms with van der Waals surface area (Å²) in [6, 6.07) is 9.80. The summed E-state index contributed by atoms with van der Waals surface area (Å²) in [4.78, 5) is 27.0. The minimum atomic E-state index is -3.81. The Hall–Kier alpha value is -3.25. The molecule has 0 atom stereocenters. The van der Waals surface area contributed by atoms with Gasteiger partial charge in [0.15, 0.2) is 6.61 Å². The average molecular weight is 498 g/mol. The molecule has 12 heteroatoms. The van der Waals surface area contributed by atoms with E-state index in [-0.39, 0.29) is 21.9 Å². The maximum Gasteiger partial charge on any atom is 0.387 e. The third kappa shape index (κ3) is 6.00. The molecule has 0 aromatic heterocycles. The lowest BCUT2D eigenvalue weighted by Gasteiger charge is -2.22. The summed E-state index contributed by atoms with van der Waals surface area (Å²) in [6.45, 7) is -2.40. The van der Waals surface area contributed by atoms with E-state index in [1.165, 1.54) is 50.5 Å². The van der Waals surface area contributed by atoms with Gasteiger partial charge < -0.3 is 19.7 Å². The van der Waals surface area contributed by atoms with Crippen molar-refractivity contribution >= 4 is 33.3 Å². The van der Waals surface area contributed by atoms with Crippen LogP contribution in [0.3, 0.4) is 0 Å². The molecular formula is C22H25F2N3O6S. The summed E-state index contributed by atoms with van der Waals surface area (Å²) in [5.41, 5.74) is 0.510. The topological polar surface area (TPSA) is 105 Å². The van der Waals surface area contributed by atoms with E-state index in [0.29, 0.717) is 18.8 Å². The predicted octanol–water partition coefficient (Wildman–Crippen LogP) is 2.93. The van der Waals surface area contributed by atoms with Gasteiger partial charge in [-0.3, -0.25) is 4.79 Å². The molecule has 2 aromatic carbocycles. The van der Waals surface area contributed by atoms with Crippen molar-refractivity contribution in [3.8, 4) is 5.75 Å². The predicted molar refractivity (Wildman–Crippen MR) is 121 cm³/mol. The Morgan fingerprint density at radius 1 is 1.12 bits per heavy atom. The fourth-order valence-electron chi connectivity index (χ4n) is 3.45. The zero-order valence-electron chi connectivity index (χ0n) is 18.7. The summed E-state index contributed by atoms with van der Waals surface area (Å²) < 4.78 is 60.7. The van der Waals surface area contributed by atoms with Crippen LogP contribution in [0.15, 0.2) is 47.4 Å². The number of halogens is 2. The molecule has 1 aliphatic heterocycles. The minimum absolute atomic E-state index is 0.0130. The van der Waals surface area contributed by atoms with Gasteiger partial charge in [0.1, 0.15) is 5.75 Å². The van der Waals surface area contributed by atoms with E-state index >= 15 is 0 Å². The van der Waals surface area contributed by atoms with Gasteiger partial charge in [-0.15, -0.1) is 0 Å². The minimum Gasteiger partial charge on any atom is -0.452 e. The number of rotatable bonds is 9. The Morgan fingerprint density at radius 2 is 1.79 bits per heavy atom. The van der Waals surface area contributed by atoms with Gasteiger partial charge in [0.25, 0.3) is 5.91 Å². The second kappa shape index (κ2) is 10.8. The average Bonchev–Trinajstić information content (AvgIpc) is 3.32. The van der Waals surface area contributed by atoms with E-state index in [9.17, 15) is 26.8 Å². The van der Waals surface area contributed by atoms with Crippen LogP contribution < -0.4 is 15.0 Å². The number of para-hydroxylation sites is 2. The number of alkyl halides is 2. The first-order chi connectivity index (χ1) is 16.1. The maximum atomic E-state index is 12.9. The van der Waals surface area contributed by atoms with Crippen LogP contribution in [0.1, 0.15) is 23.2 Å². The van der Waals surface area contributed by atoms with Crippen molar-refractivity contribution in [2.75, 3.05) is 44.0 Å². The van der Waals surface area contributed by atoms with Crippen LogP contribution in [0.4, 0.5) is 20.2 Å². The van der Waals surface area contributed by atoms with E-state index < -0.39 is 35.1 Å². The highest BCUT2D eigenvalue weighted by Crippen LogP contribution is 2.29. The van der Waals surface area contributed by atoms with Gasteiger partial charge in [0.05, 0.1) is 21.8 Å². The fourth-order valence-corrected chi connectivity index (χ4v) is 4.38. The summed E-state index contributed by atoms with van der Waals surface area (Å²) in [5, 5.41) is 2.36. The summed E-state index contributed by atoms with van der Waals surface area (Å²) in [6.07, 6.45) is 1.85. The second-order valence-electron chi connectivity index (χ2n) is 7.66. The molecular weight excluding hydrogens is 472 g/mol. The van der Waals surface area contributed by atoms with Crippen molar-refractivity contribution in [2.24, 2.45) is 0 Å². The zero-order chi connectivity index (χ0) is 24.9. The standard InChI is InChI=1S/C22H25F2N3O6S/c1-26(2)34(30,31)15-9-10-18(27-11-5-6-12-27)16(13-15)21(29)32-14-20(28)25-17-7-3-4-8-19(17)33-22(23)24/h3-4,7-10,13,22H,5-6,11-12,14H2,1-2H3,(H,25,28). The Morgan fingerprint density at radius 3 is 2.44 bits per heavy atom. The fraction of sp³-hybridized carbons (Fsp3) is 0.364. The van der Waals surface area contributed by atoms with Crippen LogP contribution in [-0.2, 0) is 19.6 Å². The summed E-state index contributed by atoms with van der Waals surface area (Å²) in [5.74, 6) is -1.90. The number of benzene rings is 2. The molecule has 9 nitrogen and oxygen atoms in total. The molecule has 1 heterocycles. The van der Waals surface area contributed by atoms with E-state index in [4.69, 9.17) is 4.74 Å². The Bertz CT molecular complexity index is 1150. The van der Waals surface area contributed by atoms with Crippen molar-refractivity contribution in [3.63, 3.8) is 0 Å². The summed E-state index contributed by atoms with van der Waals surface area (Å²) >= 11 is 0. The lowest BCUT2D eigenvalue weighted by molar-refractivity contribution is -0.119. The number of carbonyl (C=O) groups excluding carboxylic acids is 2. The SMILES string of the molecule is CN(C)S(=O)(=O)c1ccc(N2CCCC2)c(C(=O)OCC(=O)Nc2ccccc2OC(F)F)c1. The van der Waals surface area contributed by atoms with Gasteiger partial charge in [0, 0.05) is 27.2 Å². The van der Waals surface area contributed by atoms with E-state index in [2.05, 4.69) is 10.1 Å². The largest absolute Gasteiger partial charge is 0.452 e. The number of anilines is 2. The van der Waals surface area contributed by atoms with Crippen LogP contribution in [0.5, 0.6) is 5.75 Å². The van der Waals surface area contributed by atoms with E-state index in [1.54, 1.807) is 6.07 Å². The Balaban J connectivity index is 1.77. The van der Waals surface area contributed by atoms with Gasteiger partial charge in [0.2, 0.25) is 10.0 Å². The number of ether oxygens (including phenoxy) is 2. The Labute approximate surface area is 196 Å². The molecule has 0 aliphatic carbocycles. The normalized spacial score (nSPS) is 13.9. The molecule has 1 fully saturated rings. The first kappa shape index (κ1) is 25.4. The monoisotopic (exact) mass is 497 g/mol. The highest BCUT2D eigenvalue weighted by molar-refractivity contribution is 7.89. The van der Waals surface area contributed by atoms with Gasteiger partial charge in [-0.05, 0) is 43.2 Å². The van der Waals surface area contributed by atoms with Crippen molar-refractivity contribution in [2.45, 2.75) is 24.3 Å². The quantitative estimate of drug-likeness (QED) is 0.531. The molecule has 0 saturated carbocycles. The van der Waals surface area contributed by atoms with Gasteiger partial charge in [-0.2, -0.15) is 8.78 Å². The van der Waals surface area contributed by atoms with Crippen molar-refractivity contribution < 1.29 is 36.3 Å². The molecule has 0 spiro atoms. The molecule has 184 valence electrons. The molecule has 0 radical (unpaired) electrons. The van der Waals surface area contributed by atoms with Crippen LogP contribution in [0, 0.1) is 0 Å². The van der Waals surface area contributed by atoms with Crippen molar-refractivity contribution in [1.29, 1.82) is 0 Å². The van der Waals surface area contributed by atoms with Crippen molar-refractivity contribution in [1.82, 2.24) is 4.31 Å².